The molecule has 2 aromatic carbocycles. The number of amides is 1. The first-order chi connectivity index (χ1) is 12.7. The smallest absolute Gasteiger partial charge is 0.324 e. The molecule has 0 saturated carbocycles. The summed E-state index contributed by atoms with van der Waals surface area (Å²) in [6.45, 7) is 0.628. The van der Waals surface area contributed by atoms with Crippen molar-refractivity contribution < 1.29 is 27.1 Å². The second kappa shape index (κ2) is 8.94. The number of ether oxygens (including phenoxy) is 1. The largest absolute Gasteiger partial charge is 0.454 e. The highest BCUT2D eigenvalue weighted by atomic mass is 35.5. The number of esters is 1. The van der Waals surface area contributed by atoms with Crippen LogP contribution in [0.5, 0.6) is 0 Å². The lowest BCUT2D eigenvalue weighted by Crippen LogP contribution is -2.40. The van der Waals surface area contributed by atoms with Crippen LogP contribution in [0.1, 0.15) is 6.92 Å². The minimum Gasteiger partial charge on any atom is -0.454 e. The Kier molecular flexibility index (Phi) is 6.89. The number of carbonyl (C=O) groups excluding carboxylic acids is 2. The summed E-state index contributed by atoms with van der Waals surface area (Å²) in [5, 5.41) is 2.72. The van der Waals surface area contributed by atoms with E-state index in [4.69, 9.17) is 16.3 Å². The van der Waals surface area contributed by atoms with Crippen molar-refractivity contribution >= 4 is 39.2 Å². The molecule has 0 spiro atoms. The van der Waals surface area contributed by atoms with Gasteiger partial charge in [0, 0.05) is 10.7 Å². The Morgan fingerprint density at radius 3 is 2.48 bits per heavy atom. The van der Waals surface area contributed by atoms with Crippen LogP contribution < -0.4 is 10.0 Å². The number of carbonyl (C=O) groups is 2. The lowest BCUT2D eigenvalue weighted by molar-refractivity contribution is -0.148. The maximum atomic E-state index is 13.0. The summed E-state index contributed by atoms with van der Waals surface area (Å²) in [5.41, 5.74) is 0.201. The van der Waals surface area contributed by atoms with Crippen LogP contribution in [0, 0.1) is 5.82 Å². The van der Waals surface area contributed by atoms with Crippen LogP contribution in [0.2, 0.25) is 5.02 Å². The molecule has 10 heteroatoms. The van der Waals surface area contributed by atoms with Gasteiger partial charge in [0.05, 0.1) is 4.90 Å². The van der Waals surface area contributed by atoms with Crippen molar-refractivity contribution in [3.05, 3.63) is 59.4 Å². The second-order valence-electron chi connectivity index (χ2n) is 5.46. The highest BCUT2D eigenvalue weighted by Crippen LogP contribution is 2.14. The third kappa shape index (κ3) is 6.31. The average molecular weight is 415 g/mol. The van der Waals surface area contributed by atoms with Crippen LogP contribution >= 0.6 is 11.6 Å². The Hall–Kier alpha value is -2.49. The highest BCUT2D eigenvalue weighted by molar-refractivity contribution is 7.89. The van der Waals surface area contributed by atoms with E-state index in [0.29, 0.717) is 5.02 Å². The topological polar surface area (TPSA) is 102 Å². The molecule has 1 amide bonds. The van der Waals surface area contributed by atoms with Gasteiger partial charge in [-0.3, -0.25) is 9.59 Å². The van der Waals surface area contributed by atoms with Gasteiger partial charge in [-0.15, -0.1) is 0 Å². The van der Waals surface area contributed by atoms with E-state index in [-0.39, 0.29) is 10.6 Å². The van der Waals surface area contributed by atoms with Gasteiger partial charge in [0.15, 0.2) is 6.61 Å². The Balaban J connectivity index is 1.87. The predicted molar refractivity (Wildman–Crippen MR) is 97.2 cm³/mol. The Bertz CT molecular complexity index is 935. The second-order valence-corrected chi connectivity index (χ2v) is 7.61. The van der Waals surface area contributed by atoms with E-state index in [1.165, 1.54) is 49.4 Å². The number of hydrogen-bond acceptors (Lipinski definition) is 5. The molecule has 7 nitrogen and oxygen atoms in total. The van der Waals surface area contributed by atoms with Gasteiger partial charge in [-0.05, 0) is 49.4 Å². The number of nitrogens with one attached hydrogen (secondary N) is 2. The fraction of sp³-hybridized carbons (Fsp3) is 0.176. The summed E-state index contributed by atoms with van der Waals surface area (Å²) in [6, 6.07) is 9.33. The lowest BCUT2D eigenvalue weighted by Gasteiger charge is -2.14. The number of hydrogen-bond donors (Lipinski definition) is 2. The summed E-state index contributed by atoms with van der Waals surface area (Å²) in [4.78, 5) is 23.6. The number of sulfonamides is 1. The zero-order valence-electron chi connectivity index (χ0n) is 14.1. The molecule has 0 aliphatic rings. The molecule has 2 rings (SSSR count). The average Bonchev–Trinajstić information content (AvgIpc) is 2.59. The van der Waals surface area contributed by atoms with Crippen LogP contribution in [0.3, 0.4) is 0 Å². The van der Waals surface area contributed by atoms with E-state index in [9.17, 15) is 22.4 Å². The van der Waals surface area contributed by atoms with Crippen molar-refractivity contribution in [1.82, 2.24) is 4.72 Å². The molecule has 27 heavy (non-hydrogen) atoms. The first-order valence-corrected chi connectivity index (χ1v) is 9.53. The first-order valence-electron chi connectivity index (χ1n) is 7.67. The van der Waals surface area contributed by atoms with Gasteiger partial charge in [-0.1, -0.05) is 17.7 Å². The number of rotatable bonds is 7. The van der Waals surface area contributed by atoms with Gasteiger partial charge >= 0.3 is 5.97 Å². The molecule has 2 aromatic rings. The maximum absolute atomic E-state index is 13.0. The summed E-state index contributed by atoms with van der Waals surface area (Å²) >= 11 is 5.71. The van der Waals surface area contributed by atoms with Crippen LogP contribution in [0.4, 0.5) is 10.1 Å². The van der Waals surface area contributed by atoms with E-state index in [1.54, 1.807) is 0 Å². The molecular weight excluding hydrogens is 399 g/mol. The summed E-state index contributed by atoms with van der Waals surface area (Å²) in [5.74, 6) is -2.17. The zero-order valence-corrected chi connectivity index (χ0v) is 15.7. The van der Waals surface area contributed by atoms with Crippen LogP contribution in [-0.4, -0.2) is 32.9 Å². The van der Waals surface area contributed by atoms with Gasteiger partial charge in [0.1, 0.15) is 11.9 Å². The van der Waals surface area contributed by atoms with Crippen molar-refractivity contribution in [2.24, 2.45) is 0 Å². The van der Waals surface area contributed by atoms with Gasteiger partial charge < -0.3 is 10.1 Å². The molecule has 0 fully saturated rings. The molecule has 0 aliphatic heterocycles. The number of anilines is 1. The standard InChI is InChI=1S/C17H16ClFN2O5S/c1-11(21-27(24,25)15-7-5-12(18)6-8-15)17(23)26-10-16(22)20-14-4-2-3-13(19)9-14/h2-9,11,21H,10H2,1H3,(H,20,22)/t11-/m0/s1. The Morgan fingerprint density at radius 1 is 1.19 bits per heavy atom. The van der Waals surface area contributed by atoms with E-state index in [1.807, 2.05) is 0 Å². The van der Waals surface area contributed by atoms with E-state index < -0.39 is 40.4 Å². The molecule has 1 atom stereocenters. The van der Waals surface area contributed by atoms with Crippen molar-refractivity contribution in [3.8, 4) is 0 Å². The van der Waals surface area contributed by atoms with Gasteiger partial charge in [-0.25, -0.2) is 12.8 Å². The molecule has 0 radical (unpaired) electrons. The summed E-state index contributed by atoms with van der Waals surface area (Å²) in [7, 11) is -3.96. The van der Waals surface area contributed by atoms with Crippen molar-refractivity contribution in [1.29, 1.82) is 0 Å². The van der Waals surface area contributed by atoms with Gasteiger partial charge in [0.25, 0.3) is 5.91 Å². The van der Waals surface area contributed by atoms with Crippen LogP contribution in [0.15, 0.2) is 53.4 Å². The van der Waals surface area contributed by atoms with E-state index in [0.717, 1.165) is 6.07 Å². The minimum absolute atomic E-state index is 0.0737. The van der Waals surface area contributed by atoms with E-state index in [2.05, 4.69) is 10.0 Å². The summed E-state index contributed by atoms with van der Waals surface area (Å²) < 4.78 is 44.4. The Labute approximate surface area is 160 Å². The number of halogens is 2. The normalized spacial score (nSPS) is 12.3. The van der Waals surface area contributed by atoms with Crippen molar-refractivity contribution in [3.63, 3.8) is 0 Å². The fourth-order valence-corrected chi connectivity index (χ4v) is 3.31. The molecule has 0 bridgehead atoms. The molecular formula is C17H16ClFN2O5S. The summed E-state index contributed by atoms with van der Waals surface area (Å²) in [6.07, 6.45) is 0. The van der Waals surface area contributed by atoms with Crippen molar-refractivity contribution in [2.75, 3.05) is 11.9 Å². The molecule has 0 aliphatic carbocycles. The van der Waals surface area contributed by atoms with E-state index >= 15 is 0 Å². The molecule has 0 unspecified atom stereocenters. The molecule has 144 valence electrons. The molecule has 2 N–H and O–H groups in total. The lowest BCUT2D eigenvalue weighted by atomic mass is 10.3. The van der Waals surface area contributed by atoms with Gasteiger partial charge in [0.2, 0.25) is 10.0 Å². The monoisotopic (exact) mass is 414 g/mol. The molecule has 0 saturated heterocycles. The highest BCUT2D eigenvalue weighted by Gasteiger charge is 2.23. The Morgan fingerprint density at radius 2 is 1.85 bits per heavy atom. The minimum atomic E-state index is -3.96. The van der Waals surface area contributed by atoms with Gasteiger partial charge in [-0.2, -0.15) is 4.72 Å². The third-order valence-corrected chi connectivity index (χ3v) is 5.07. The first kappa shape index (κ1) is 20.8. The number of benzene rings is 2. The maximum Gasteiger partial charge on any atom is 0.324 e. The third-order valence-electron chi connectivity index (χ3n) is 3.26. The molecule has 0 aromatic heterocycles. The van der Waals surface area contributed by atoms with Crippen LogP contribution in [-0.2, 0) is 24.3 Å². The predicted octanol–water partition coefficient (Wildman–Crippen LogP) is 2.33. The van der Waals surface area contributed by atoms with Crippen LogP contribution in [0.25, 0.3) is 0 Å². The SMILES string of the molecule is C[C@H](NS(=O)(=O)c1ccc(Cl)cc1)C(=O)OCC(=O)Nc1cccc(F)c1. The zero-order chi connectivity index (χ0) is 20.0. The van der Waals surface area contributed by atoms with Crippen molar-refractivity contribution in [2.45, 2.75) is 17.9 Å². The fourth-order valence-electron chi connectivity index (χ4n) is 1.99. The quantitative estimate of drug-likeness (QED) is 0.677. The molecule has 0 heterocycles.